The highest BCUT2D eigenvalue weighted by molar-refractivity contribution is 5.97. The number of fused-ring (bicyclic) bond motifs is 1. The van der Waals surface area contributed by atoms with Crippen LogP contribution in [0, 0.1) is 0 Å². The molecule has 0 aliphatic heterocycles. The van der Waals surface area contributed by atoms with Crippen molar-refractivity contribution < 1.29 is 14.6 Å². The fraction of sp³-hybridized carbons (Fsp3) is 0.333. The number of hydrogen-bond donors (Lipinski definition) is 2. The Kier molecular flexibility index (Phi) is 3.28. The first-order valence-corrected chi connectivity index (χ1v) is 6.60. The number of ether oxygens (including phenoxy) is 1. The molecule has 20 heavy (non-hydrogen) atoms. The van der Waals surface area contributed by atoms with Crippen LogP contribution in [0.15, 0.2) is 30.3 Å². The van der Waals surface area contributed by atoms with Crippen LogP contribution in [0.2, 0.25) is 0 Å². The summed E-state index contributed by atoms with van der Waals surface area (Å²) in [7, 11) is 1.71. The van der Waals surface area contributed by atoms with Gasteiger partial charge in [-0.25, -0.2) is 9.78 Å². The molecule has 0 atom stereocenters. The summed E-state index contributed by atoms with van der Waals surface area (Å²) < 4.78 is 5.26. The third-order valence-corrected chi connectivity index (χ3v) is 3.72. The lowest BCUT2D eigenvalue weighted by atomic mass is 9.89. The van der Waals surface area contributed by atoms with Crippen LogP contribution in [-0.4, -0.2) is 35.3 Å². The lowest BCUT2D eigenvalue weighted by Crippen LogP contribution is -2.40. The van der Waals surface area contributed by atoms with Crippen LogP contribution in [0.3, 0.4) is 0 Å². The van der Waals surface area contributed by atoms with E-state index < -0.39 is 5.97 Å². The highest BCUT2D eigenvalue weighted by atomic mass is 16.5. The Hall–Kier alpha value is -2.14. The van der Waals surface area contributed by atoms with Crippen LogP contribution in [0.4, 0.5) is 5.69 Å². The quantitative estimate of drug-likeness (QED) is 0.894. The summed E-state index contributed by atoms with van der Waals surface area (Å²) in [6, 6.07) is 9.48. The van der Waals surface area contributed by atoms with Crippen LogP contribution >= 0.6 is 0 Å². The summed E-state index contributed by atoms with van der Waals surface area (Å²) in [4.78, 5) is 15.3. The smallest absolute Gasteiger partial charge is 0.354 e. The number of aromatic nitrogens is 1. The van der Waals surface area contributed by atoms with Crippen molar-refractivity contribution in [1.82, 2.24) is 4.98 Å². The van der Waals surface area contributed by atoms with Gasteiger partial charge in [-0.1, -0.05) is 18.2 Å². The van der Waals surface area contributed by atoms with Gasteiger partial charge in [0.2, 0.25) is 0 Å². The summed E-state index contributed by atoms with van der Waals surface area (Å²) in [6.45, 7) is 0. The summed E-state index contributed by atoms with van der Waals surface area (Å²) in [6.07, 6.45) is 2.19. The first-order valence-electron chi connectivity index (χ1n) is 6.60. The predicted molar refractivity (Wildman–Crippen MR) is 76.1 cm³/mol. The first-order chi connectivity index (χ1) is 9.67. The number of aromatic carboxylic acids is 1. The second kappa shape index (κ2) is 5.09. The van der Waals surface area contributed by atoms with Gasteiger partial charge in [0.15, 0.2) is 5.69 Å². The molecule has 1 aromatic carbocycles. The number of nitrogens with zero attached hydrogens (tertiary/aromatic N) is 1. The molecule has 0 spiro atoms. The zero-order valence-electron chi connectivity index (χ0n) is 11.2. The molecule has 1 aromatic heterocycles. The minimum atomic E-state index is -1.01. The number of carbonyl (C=O) groups is 1. The molecule has 2 aromatic rings. The van der Waals surface area contributed by atoms with Gasteiger partial charge in [0.05, 0.1) is 11.6 Å². The van der Waals surface area contributed by atoms with Gasteiger partial charge in [-0.2, -0.15) is 0 Å². The number of carboxylic acids is 1. The number of carboxylic acid groups (broad SMARTS) is 1. The van der Waals surface area contributed by atoms with Gasteiger partial charge >= 0.3 is 5.97 Å². The van der Waals surface area contributed by atoms with Crippen molar-refractivity contribution in [3.05, 3.63) is 36.0 Å². The molecule has 5 nitrogen and oxygen atoms in total. The molecule has 2 N–H and O–H groups in total. The van der Waals surface area contributed by atoms with Gasteiger partial charge in [0.25, 0.3) is 0 Å². The maximum absolute atomic E-state index is 11.2. The van der Waals surface area contributed by atoms with Crippen molar-refractivity contribution in [2.75, 3.05) is 12.4 Å². The number of hydrogen-bond acceptors (Lipinski definition) is 4. The molecule has 0 radical (unpaired) electrons. The topological polar surface area (TPSA) is 71.5 Å². The third-order valence-electron chi connectivity index (χ3n) is 3.72. The number of methoxy groups -OCH3 is 1. The molecule has 104 valence electrons. The Morgan fingerprint density at radius 1 is 1.40 bits per heavy atom. The van der Waals surface area contributed by atoms with Crippen LogP contribution in [0.1, 0.15) is 23.3 Å². The summed E-state index contributed by atoms with van der Waals surface area (Å²) >= 11 is 0. The zero-order chi connectivity index (χ0) is 14.1. The third kappa shape index (κ3) is 2.32. The van der Waals surface area contributed by atoms with Crippen molar-refractivity contribution in [3.8, 4) is 0 Å². The van der Waals surface area contributed by atoms with E-state index in [0.717, 1.165) is 23.9 Å². The number of pyridine rings is 1. The molecule has 1 fully saturated rings. The summed E-state index contributed by atoms with van der Waals surface area (Å²) in [5.74, 6) is -1.01. The number of nitrogens with one attached hydrogen (secondary N) is 1. The van der Waals surface area contributed by atoms with Gasteiger partial charge < -0.3 is 15.2 Å². The SMILES string of the molecule is COC1CC(Nc2cc(C(=O)O)nc3ccccc23)C1. The van der Waals surface area contributed by atoms with Crippen molar-refractivity contribution in [3.63, 3.8) is 0 Å². The van der Waals surface area contributed by atoms with E-state index in [1.807, 2.05) is 24.3 Å². The molecule has 3 rings (SSSR count). The van der Waals surface area contributed by atoms with E-state index in [2.05, 4.69) is 10.3 Å². The van der Waals surface area contributed by atoms with Gasteiger partial charge in [0.1, 0.15) is 0 Å². The molecular weight excluding hydrogens is 256 g/mol. The summed E-state index contributed by atoms with van der Waals surface area (Å²) in [5.41, 5.74) is 1.58. The molecule has 1 heterocycles. The Labute approximate surface area is 116 Å². The van der Waals surface area contributed by atoms with Crippen LogP contribution in [0.25, 0.3) is 10.9 Å². The zero-order valence-corrected chi connectivity index (χ0v) is 11.2. The van der Waals surface area contributed by atoms with Crippen molar-refractivity contribution >= 4 is 22.6 Å². The first kappa shape index (κ1) is 12.9. The maximum Gasteiger partial charge on any atom is 0.354 e. The molecule has 1 aliphatic carbocycles. The van der Waals surface area contributed by atoms with Crippen molar-refractivity contribution in [1.29, 1.82) is 0 Å². The maximum atomic E-state index is 11.2. The van der Waals surface area contributed by atoms with Crippen LogP contribution < -0.4 is 5.32 Å². The van der Waals surface area contributed by atoms with E-state index in [1.165, 1.54) is 0 Å². The molecule has 0 bridgehead atoms. The standard InChI is InChI=1S/C15H16N2O3/c1-20-10-6-9(7-10)16-13-8-14(15(18)19)17-12-5-3-2-4-11(12)13/h2-5,8-10H,6-7H2,1H3,(H,16,17)(H,18,19). The fourth-order valence-corrected chi connectivity index (χ4v) is 2.50. The average molecular weight is 272 g/mol. The van der Waals surface area contributed by atoms with Crippen LogP contribution in [0.5, 0.6) is 0 Å². The van der Waals surface area contributed by atoms with Gasteiger partial charge in [-0.05, 0) is 25.0 Å². The molecule has 0 amide bonds. The number of anilines is 1. The summed E-state index contributed by atoms with van der Waals surface area (Å²) in [5, 5.41) is 13.5. The Morgan fingerprint density at radius 3 is 2.85 bits per heavy atom. The Morgan fingerprint density at radius 2 is 2.15 bits per heavy atom. The van der Waals surface area contributed by atoms with E-state index in [9.17, 15) is 4.79 Å². The Bertz CT molecular complexity index is 651. The number of para-hydroxylation sites is 1. The molecule has 0 saturated heterocycles. The second-order valence-corrected chi connectivity index (χ2v) is 5.05. The van der Waals surface area contributed by atoms with Gasteiger partial charge in [0, 0.05) is 24.2 Å². The molecule has 5 heteroatoms. The van der Waals surface area contributed by atoms with Crippen LogP contribution in [-0.2, 0) is 4.74 Å². The van der Waals surface area contributed by atoms with E-state index in [1.54, 1.807) is 13.2 Å². The van der Waals surface area contributed by atoms with E-state index in [-0.39, 0.29) is 5.69 Å². The van der Waals surface area contributed by atoms with Gasteiger partial charge in [-0.3, -0.25) is 0 Å². The molecule has 1 saturated carbocycles. The van der Waals surface area contributed by atoms with Crippen molar-refractivity contribution in [2.24, 2.45) is 0 Å². The highest BCUT2D eigenvalue weighted by Gasteiger charge is 2.29. The lowest BCUT2D eigenvalue weighted by Gasteiger charge is -2.35. The van der Waals surface area contributed by atoms with Gasteiger partial charge in [-0.15, -0.1) is 0 Å². The molecular formula is C15H16N2O3. The molecule has 1 aliphatic rings. The monoisotopic (exact) mass is 272 g/mol. The van der Waals surface area contributed by atoms with E-state index >= 15 is 0 Å². The highest BCUT2D eigenvalue weighted by Crippen LogP contribution is 2.30. The van der Waals surface area contributed by atoms with Crippen molar-refractivity contribution in [2.45, 2.75) is 25.0 Å². The minimum absolute atomic E-state index is 0.0637. The second-order valence-electron chi connectivity index (χ2n) is 5.05. The van der Waals surface area contributed by atoms with E-state index in [0.29, 0.717) is 17.7 Å². The average Bonchev–Trinajstić information content (AvgIpc) is 2.41. The fourth-order valence-electron chi connectivity index (χ4n) is 2.50. The number of rotatable bonds is 4. The molecule has 0 unspecified atom stereocenters. The number of benzene rings is 1. The van der Waals surface area contributed by atoms with E-state index in [4.69, 9.17) is 9.84 Å². The predicted octanol–water partition coefficient (Wildman–Crippen LogP) is 2.52. The minimum Gasteiger partial charge on any atom is -0.477 e. The lowest BCUT2D eigenvalue weighted by molar-refractivity contribution is 0.0329. The largest absolute Gasteiger partial charge is 0.477 e. The Balaban J connectivity index is 1.93. The normalized spacial score (nSPS) is 21.4.